The summed E-state index contributed by atoms with van der Waals surface area (Å²) in [6.45, 7) is 5.43. The van der Waals surface area contributed by atoms with Gasteiger partial charge in [-0.25, -0.2) is 10.2 Å². The maximum Gasteiger partial charge on any atom is 0.419 e. The minimum Gasteiger partial charge on any atom is -0.459 e. The molecule has 0 bridgehead atoms. The summed E-state index contributed by atoms with van der Waals surface area (Å²) < 4.78 is 11.9. The first-order valence-corrected chi connectivity index (χ1v) is 8.05. The molecular formula is C19H19N3O4. The number of furan rings is 1. The van der Waals surface area contributed by atoms with Gasteiger partial charge in [-0.05, 0) is 39.0 Å². The van der Waals surface area contributed by atoms with Crippen LogP contribution in [0.5, 0.6) is 0 Å². The lowest BCUT2D eigenvalue weighted by atomic mass is 10.2. The third-order valence-corrected chi connectivity index (χ3v) is 3.45. The van der Waals surface area contributed by atoms with Gasteiger partial charge < -0.3 is 9.15 Å². The second-order valence-electron chi connectivity index (χ2n) is 6.63. The lowest BCUT2D eigenvalue weighted by Gasteiger charge is -2.19. The number of carbonyl (C=O) groups excluding carboxylic acids is 2. The summed E-state index contributed by atoms with van der Waals surface area (Å²) in [5.74, 6) is -0.291. The highest BCUT2D eigenvalue weighted by atomic mass is 16.6. The van der Waals surface area contributed by atoms with Crippen molar-refractivity contribution in [1.29, 1.82) is 0 Å². The number of para-hydroxylation sites is 1. The Hall–Kier alpha value is -3.35. The van der Waals surface area contributed by atoms with E-state index in [1.165, 1.54) is 17.0 Å². The molecule has 0 unspecified atom stereocenters. The molecule has 134 valence electrons. The molecule has 3 rings (SSSR count). The van der Waals surface area contributed by atoms with E-state index >= 15 is 0 Å². The molecular weight excluding hydrogens is 334 g/mol. The first-order valence-electron chi connectivity index (χ1n) is 8.05. The Labute approximate surface area is 150 Å². The second kappa shape index (κ2) is 6.87. The maximum absolute atomic E-state index is 12.4. The van der Waals surface area contributed by atoms with Gasteiger partial charge in [0.05, 0.1) is 18.0 Å². The Morgan fingerprint density at radius 2 is 1.96 bits per heavy atom. The number of fused-ring (bicyclic) bond motifs is 1. The van der Waals surface area contributed by atoms with Crippen LogP contribution in [0.4, 0.5) is 4.79 Å². The van der Waals surface area contributed by atoms with Crippen LogP contribution in [0.2, 0.25) is 0 Å². The third-order valence-electron chi connectivity index (χ3n) is 3.45. The number of nitrogens with zero attached hydrogens (tertiary/aromatic N) is 2. The lowest BCUT2D eigenvalue weighted by Crippen LogP contribution is -2.26. The van der Waals surface area contributed by atoms with Gasteiger partial charge in [0.15, 0.2) is 5.76 Å². The summed E-state index contributed by atoms with van der Waals surface area (Å²) in [5.41, 5.74) is 3.15. The third kappa shape index (κ3) is 3.83. The van der Waals surface area contributed by atoms with Gasteiger partial charge in [0, 0.05) is 17.1 Å². The predicted molar refractivity (Wildman–Crippen MR) is 97.3 cm³/mol. The average Bonchev–Trinajstić information content (AvgIpc) is 3.21. The van der Waals surface area contributed by atoms with Crippen molar-refractivity contribution in [2.45, 2.75) is 26.4 Å². The van der Waals surface area contributed by atoms with Crippen LogP contribution >= 0.6 is 0 Å². The highest BCUT2D eigenvalue weighted by molar-refractivity contribution is 6.03. The van der Waals surface area contributed by atoms with Crippen molar-refractivity contribution in [1.82, 2.24) is 9.99 Å². The quantitative estimate of drug-likeness (QED) is 0.573. The first kappa shape index (κ1) is 17.5. The Morgan fingerprint density at radius 1 is 1.19 bits per heavy atom. The molecule has 7 nitrogen and oxygen atoms in total. The topological polar surface area (TPSA) is 85.8 Å². The van der Waals surface area contributed by atoms with Gasteiger partial charge in [0.2, 0.25) is 0 Å². The number of rotatable bonds is 3. The number of carbonyl (C=O) groups is 2. The summed E-state index contributed by atoms with van der Waals surface area (Å²) in [5, 5.41) is 4.76. The van der Waals surface area contributed by atoms with Gasteiger partial charge in [0.25, 0.3) is 0 Å². The summed E-state index contributed by atoms with van der Waals surface area (Å²) in [7, 11) is 0. The van der Waals surface area contributed by atoms with Crippen LogP contribution in [0, 0.1) is 0 Å². The smallest absolute Gasteiger partial charge is 0.419 e. The van der Waals surface area contributed by atoms with Crippen molar-refractivity contribution in [3.05, 3.63) is 60.2 Å². The number of aromatic nitrogens is 1. The molecule has 0 aliphatic carbocycles. The largest absolute Gasteiger partial charge is 0.459 e. The molecule has 2 aromatic heterocycles. The van der Waals surface area contributed by atoms with E-state index in [0.29, 0.717) is 11.1 Å². The van der Waals surface area contributed by atoms with Crippen LogP contribution in [-0.4, -0.2) is 28.4 Å². The van der Waals surface area contributed by atoms with E-state index < -0.39 is 17.6 Å². The van der Waals surface area contributed by atoms with Crippen molar-refractivity contribution in [3.63, 3.8) is 0 Å². The highest BCUT2D eigenvalue weighted by Gasteiger charge is 2.20. The molecule has 7 heteroatoms. The number of amides is 1. The van der Waals surface area contributed by atoms with Gasteiger partial charge in [-0.2, -0.15) is 5.10 Å². The fourth-order valence-electron chi connectivity index (χ4n) is 2.39. The SMILES string of the molecule is CC(C)(C)OC(=O)n1cc(C=NNC(=O)c2ccco2)c2ccccc21. The predicted octanol–water partition coefficient (Wildman–Crippen LogP) is 3.78. The van der Waals surface area contributed by atoms with E-state index in [9.17, 15) is 9.59 Å². The normalized spacial score (nSPS) is 11.8. The average molecular weight is 353 g/mol. The van der Waals surface area contributed by atoms with Crippen molar-refractivity contribution in [2.75, 3.05) is 0 Å². The molecule has 0 saturated heterocycles. The van der Waals surface area contributed by atoms with Crippen molar-refractivity contribution in [2.24, 2.45) is 5.10 Å². The Morgan fingerprint density at radius 3 is 2.65 bits per heavy atom. The van der Waals surface area contributed by atoms with Crippen LogP contribution in [0.25, 0.3) is 10.9 Å². The summed E-state index contributed by atoms with van der Waals surface area (Å²) >= 11 is 0. The molecule has 1 aromatic carbocycles. The van der Waals surface area contributed by atoms with Gasteiger partial charge in [-0.15, -0.1) is 0 Å². The summed E-state index contributed by atoms with van der Waals surface area (Å²) in [6.07, 6.45) is 4.03. The van der Waals surface area contributed by atoms with Crippen molar-refractivity contribution in [3.8, 4) is 0 Å². The van der Waals surface area contributed by atoms with Crippen LogP contribution in [0.15, 0.2) is 58.4 Å². The van der Waals surface area contributed by atoms with Gasteiger partial charge in [-0.1, -0.05) is 18.2 Å². The molecule has 1 N–H and O–H groups in total. The number of hydrazone groups is 1. The number of hydrogen-bond acceptors (Lipinski definition) is 5. The van der Waals surface area contributed by atoms with E-state index in [0.717, 1.165) is 5.39 Å². The van der Waals surface area contributed by atoms with Crippen LogP contribution in [0.1, 0.15) is 36.9 Å². The molecule has 0 spiro atoms. The van der Waals surface area contributed by atoms with Gasteiger partial charge in [-0.3, -0.25) is 9.36 Å². The fourth-order valence-corrected chi connectivity index (χ4v) is 2.39. The lowest BCUT2D eigenvalue weighted by molar-refractivity contribution is 0.0544. The summed E-state index contributed by atoms with van der Waals surface area (Å²) in [6, 6.07) is 10.5. The monoisotopic (exact) mass is 353 g/mol. The van der Waals surface area contributed by atoms with Crippen molar-refractivity contribution < 1.29 is 18.7 Å². The van der Waals surface area contributed by atoms with E-state index in [2.05, 4.69) is 10.5 Å². The van der Waals surface area contributed by atoms with Crippen molar-refractivity contribution >= 4 is 29.1 Å². The fraction of sp³-hybridized carbons (Fsp3) is 0.211. The first-order chi connectivity index (χ1) is 12.3. The minimum atomic E-state index is -0.603. The highest BCUT2D eigenvalue weighted by Crippen LogP contribution is 2.21. The molecule has 26 heavy (non-hydrogen) atoms. The molecule has 0 atom stereocenters. The maximum atomic E-state index is 12.4. The van der Waals surface area contributed by atoms with E-state index in [-0.39, 0.29) is 5.76 Å². The van der Waals surface area contributed by atoms with E-state index in [1.807, 2.05) is 45.0 Å². The van der Waals surface area contributed by atoms with Gasteiger partial charge in [0.1, 0.15) is 5.60 Å². The van der Waals surface area contributed by atoms with Crippen LogP contribution < -0.4 is 5.43 Å². The number of ether oxygens (including phenoxy) is 1. The Kier molecular flexibility index (Phi) is 4.62. The van der Waals surface area contributed by atoms with Crippen LogP contribution in [0.3, 0.4) is 0 Å². The second-order valence-corrected chi connectivity index (χ2v) is 6.63. The zero-order valence-corrected chi connectivity index (χ0v) is 14.7. The molecule has 0 radical (unpaired) electrons. The Balaban J connectivity index is 1.86. The molecule has 0 fully saturated rings. The van der Waals surface area contributed by atoms with Crippen LogP contribution in [-0.2, 0) is 4.74 Å². The number of nitrogens with one attached hydrogen (secondary N) is 1. The van der Waals surface area contributed by atoms with E-state index in [1.54, 1.807) is 18.3 Å². The standard InChI is InChI=1S/C19H19N3O4/c1-19(2,3)26-18(24)22-12-13(14-7-4-5-8-15(14)22)11-20-21-17(23)16-9-6-10-25-16/h4-12H,1-3H3,(H,21,23). The zero-order valence-electron chi connectivity index (χ0n) is 14.7. The summed E-state index contributed by atoms with van der Waals surface area (Å²) in [4.78, 5) is 24.3. The number of benzene rings is 1. The molecule has 3 aromatic rings. The molecule has 0 saturated carbocycles. The molecule has 0 aliphatic rings. The molecule has 1 amide bonds. The number of hydrogen-bond donors (Lipinski definition) is 1. The van der Waals surface area contributed by atoms with Gasteiger partial charge >= 0.3 is 12.0 Å². The molecule has 2 heterocycles. The zero-order chi connectivity index (χ0) is 18.7. The molecule has 0 aliphatic heterocycles. The Bertz CT molecular complexity index is 962. The van der Waals surface area contributed by atoms with E-state index in [4.69, 9.17) is 9.15 Å². The minimum absolute atomic E-state index is 0.165.